The van der Waals surface area contributed by atoms with Gasteiger partial charge in [-0.1, -0.05) is 176 Å². The molecule has 0 fully saturated rings. The molecule has 11 aromatic rings. The second-order valence-electron chi connectivity index (χ2n) is 16.4. The number of para-hydroxylation sites is 2. The van der Waals surface area contributed by atoms with Gasteiger partial charge in [0.25, 0.3) is 0 Å². The van der Waals surface area contributed by atoms with E-state index in [-0.39, 0.29) is 0 Å². The number of fused-ring (bicyclic) bond motifs is 14. The molecule has 0 aliphatic heterocycles. The molecular weight excluding hydrogens is 737 g/mol. The molecule has 2 aliphatic carbocycles. The minimum Gasteiger partial charge on any atom is -0.310 e. The Bertz CT molecular complexity index is 3490. The van der Waals surface area contributed by atoms with Crippen molar-refractivity contribution in [2.24, 2.45) is 0 Å². The molecule has 61 heavy (non-hydrogen) atoms. The van der Waals surface area contributed by atoms with Crippen LogP contribution >= 0.6 is 0 Å². The molecule has 1 spiro atoms. The van der Waals surface area contributed by atoms with Crippen molar-refractivity contribution in [3.63, 3.8) is 0 Å². The minimum absolute atomic E-state index is 0.419. The van der Waals surface area contributed by atoms with E-state index < -0.39 is 5.41 Å². The molecule has 0 amide bonds. The van der Waals surface area contributed by atoms with Gasteiger partial charge in [0.2, 0.25) is 0 Å². The quantitative estimate of drug-likeness (QED) is 0.169. The van der Waals surface area contributed by atoms with Crippen LogP contribution in [-0.4, -0.2) is 4.57 Å². The number of benzene rings is 10. The summed E-state index contributed by atoms with van der Waals surface area (Å²) in [5.41, 5.74) is 19.5. The Kier molecular flexibility index (Phi) is 7.26. The fourth-order valence-electron chi connectivity index (χ4n) is 10.9. The summed E-state index contributed by atoms with van der Waals surface area (Å²) in [6.45, 7) is 0. The van der Waals surface area contributed by atoms with Crippen LogP contribution in [0.5, 0.6) is 0 Å². The van der Waals surface area contributed by atoms with Crippen molar-refractivity contribution in [1.29, 1.82) is 0 Å². The fraction of sp³-hybridized carbons (Fsp3) is 0.0169. The van der Waals surface area contributed by atoms with Crippen LogP contribution in [0.3, 0.4) is 0 Å². The maximum Gasteiger partial charge on any atom is 0.0726 e. The van der Waals surface area contributed by atoms with Crippen LogP contribution < -0.4 is 4.90 Å². The van der Waals surface area contributed by atoms with Crippen molar-refractivity contribution in [3.8, 4) is 39.1 Å². The predicted molar refractivity (Wildman–Crippen MR) is 255 cm³/mol. The van der Waals surface area contributed by atoms with Crippen LogP contribution in [-0.2, 0) is 5.41 Å². The van der Waals surface area contributed by atoms with Crippen LogP contribution in [0.25, 0.3) is 71.6 Å². The van der Waals surface area contributed by atoms with Gasteiger partial charge in [-0.3, -0.25) is 0 Å². The highest BCUT2D eigenvalue weighted by Gasteiger charge is 2.51. The Labute approximate surface area is 354 Å². The van der Waals surface area contributed by atoms with Gasteiger partial charge in [0.1, 0.15) is 0 Å². The molecule has 0 bridgehead atoms. The van der Waals surface area contributed by atoms with E-state index in [1.54, 1.807) is 0 Å². The van der Waals surface area contributed by atoms with E-state index in [4.69, 9.17) is 0 Å². The highest BCUT2D eigenvalue weighted by Crippen LogP contribution is 2.63. The van der Waals surface area contributed by atoms with Crippen molar-refractivity contribution in [1.82, 2.24) is 4.57 Å². The molecule has 13 rings (SSSR count). The first-order valence-electron chi connectivity index (χ1n) is 21.2. The molecule has 2 heteroatoms. The first kappa shape index (κ1) is 34.0. The second kappa shape index (κ2) is 13.0. The number of aromatic nitrogens is 1. The molecule has 1 heterocycles. The third kappa shape index (κ3) is 4.79. The first-order chi connectivity index (χ1) is 30.3. The average Bonchev–Trinajstić information content (AvgIpc) is 3.93. The molecule has 0 unspecified atom stereocenters. The molecule has 0 saturated heterocycles. The van der Waals surface area contributed by atoms with E-state index in [9.17, 15) is 0 Å². The van der Waals surface area contributed by atoms with Crippen LogP contribution in [0.15, 0.2) is 231 Å². The predicted octanol–water partition coefficient (Wildman–Crippen LogP) is 15.4. The van der Waals surface area contributed by atoms with Gasteiger partial charge in [0, 0.05) is 33.2 Å². The second-order valence-corrected chi connectivity index (χ2v) is 16.4. The molecule has 284 valence electrons. The molecule has 2 aliphatic rings. The number of anilines is 3. The molecule has 10 aromatic carbocycles. The summed E-state index contributed by atoms with van der Waals surface area (Å²) in [6, 6.07) is 85.3. The SMILES string of the molecule is c1ccc(N(c2cccc(-c3ccc4c5ccccc5n(-c5cccc6ccccc56)c4c3)c2)c2ccc3c(c2)C2(c4ccccc4-c4ccccc42)c2ccccc2-3)cc1. The Hall–Kier alpha value is -7.94. The normalized spacial score (nSPS) is 13.0. The Morgan fingerprint density at radius 3 is 1.61 bits per heavy atom. The lowest BCUT2D eigenvalue weighted by molar-refractivity contribution is 0.793. The summed E-state index contributed by atoms with van der Waals surface area (Å²) < 4.78 is 2.45. The van der Waals surface area contributed by atoms with Crippen LogP contribution in [0, 0.1) is 0 Å². The van der Waals surface area contributed by atoms with E-state index in [0.29, 0.717) is 0 Å². The zero-order valence-corrected chi connectivity index (χ0v) is 33.3. The standard InChI is InChI=1S/C59H38N2/c1-2-19-42(20-3-1)60(44-33-35-49-48-25-8-12-29-54(48)59(55(49)38-44)52-27-10-6-23-46(52)47-24-7-11-28-53(47)59)43-21-14-18-40(36-43)41-32-34-51-50-26-9-13-30-57(50)61(58(51)37-41)56-31-15-17-39-16-4-5-22-45(39)56/h1-38H. The molecule has 0 radical (unpaired) electrons. The van der Waals surface area contributed by atoms with Gasteiger partial charge in [0.05, 0.1) is 22.1 Å². The topological polar surface area (TPSA) is 8.17 Å². The van der Waals surface area contributed by atoms with Crippen molar-refractivity contribution in [2.45, 2.75) is 5.41 Å². The maximum absolute atomic E-state index is 2.47. The van der Waals surface area contributed by atoms with Gasteiger partial charge in [-0.05, 0) is 116 Å². The zero-order valence-electron chi connectivity index (χ0n) is 33.3. The molecular formula is C59H38N2. The Balaban J connectivity index is 1.00. The summed E-state index contributed by atoms with van der Waals surface area (Å²) in [6.07, 6.45) is 0. The van der Waals surface area contributed by atoms with Gasteiger partial charge in [-0.25, -0.2) is 0 Å². The van der Waals surface area contributed by atoms with Gasteiger partial charge in [-0.2, -0.15) is 0 Å². The maximum atomic E-state index is 2.47. The highest BCUT2D eigenvalue weighted by molar-refractivity contribution is 6.11. The van der Waals surface area contributed by atoms with E-state index in [0.717, 1.165) is 17.1 Å². The summed E-state index contributed by atoms with van der Waals surface area (Å²) in [5.74, 6) is 0. The number of hydrogen-bond acceptors (Lipinski definition) is 1. The van der Waals surface area contributed by atoms with Crippen molar-refractivity contribution in [2.75, 3.05) is 4.90 Å². The largest absolute Gasteiger partial charge is 0.310 e. The molecule has 1 aromatic heterocycles. The van der Waals surface area contributed by atoms with E-state index in [2.05, 4.69) is 240 Å². The summed E-state index contributed by atoms with van der Waals surface area (Å²) in [7, 11) is 0. The molecule has 2 nitrogen and oxygen atoms in total. The summed E-state index contributed by atoms with van der Waals surface area (Å²) in [4.78, 5) is 2.43. The lowest BCUT2D eigenvalue weighted by Crippen LogP contribution is -2.26. The van der Waals surface area contributed by atoms with Gasteiger partial charge < -0.3 is 9.47 Å². The number of hydrogen-bond donors (Lipinski definition) is 0. The van der Waals surface area contributed by atoms with Crippen molar-refractivity contribution < 1.29 is 0 Å². The molecule has 0 atom stereocenters. The smallest absolute Gasteiger partial charge is 0.0726 e. The third-order valence-electron chi connectivity index (χ3n) is 13.4. The van der Waals surface area contributed by atoms with Gasteiger partial charge in [0.15, 0.2) is 0 Å². The van der Waals surface area contributed by atoms with E-state index in [1.165, 1.54) is 93.9 Å². The highest BCUT2D eigenvalue weighted by atomic mass is 15.1. The monoisotopic (exact) mass is 774 g/mol. The Morgan fingerprint density at radius 2 is 0.852 bits per heavy atom. The number of rotatable bonds is 5. The minimum atomic E-state index is -0.419. The first-order valence-corrected chi connectivity index (χ1v) is 21.2. The summed E-state index contributed by atoms with van der Waals surface area (Å²) >= 11 is 0. The summed E-state index contributed by atoms with van der Waals surface area (Å²) in [5, 5.41) is 4.98. The fourth-order valence-corrected chi connectivity index (χ4v) is 10.9. The van der Waals surface area contributed by atoms with Crippen LogP contribution in [0.4, 0.5) is 17.1 Å². The van der Waals surface area contributed by atoms with Crippen molar-refractivity contribution >= 4 is 49.6 Å². The zero-order chi connectivity index (χ0) is 40.1. The number of nitrogens with zero attached hydrogens (tertiary/aromatic N) is 2. The van der Waals surface area contributed by atoms with Gasteiger partial charge in [-0.15, -0.1) is 0 Å². The van der Waals surface area contributed by atoms with Crippen LogP contribution in [0.2, 0.25) is 0 Å². The third-order valence-corrected chi connectivity index (χ3v) is 13.4. The van der Waals surface area contributed by atoms with Gasteiger partial charge >= 0.3 is 0 Å². The van der Waals surface area contributed by atoms with Crippen LogP contribution in [0.1, 0.15) is 22.3 Å². The molecule has 0 N–H and O–H groups in total. The average molecular weight is 775 g/mol. The van der Waals surface area contributed by atoms with E-state index >= 15 is 0 Å². The lowest BCUT2D eigenvalue weighted by Gasteiger charge is -2.32. The van der Waals surface area contributed by atoms with Crippen molar-refractivity contribution in [3.05, 3.63) is 253 Å². The molecule has 0 saturated carbocycles. The Morgan fingerprint density at radius 1 is 0.311 bits per heavy atom. The lowest BCUT2D eigenvalue weighted by atomic mass is 9.70. The van der Waals surface area contributed by atoms with E-state index in [1.807, 2.05) is 0 Å².